The third kappa shape index (κ3) is 2.52. The first-order valence-electron chi connectivity index (χ1n) is 6.15. The normalized spacial score (nSPS) is 11.7. The standard InChI is InChI=1S/C14H17ClFNO/c1-4-10-11-5-9(16)6-12(15)14(11)18-13(10)7-17-8(2)3/h5-6,8,17H,4,7H2,1-3H3. The van der Waals surface area contributed by atoms with Gasteiger partial charge in [-0.3, -0.25) is 0 Å². The number of nitrogens with one attached hydrogen (secondary N) is 1. The highest BCUT2D eigenvalue weighted by Crippen LogP contribution is 2.32. The molecule has 1 N–H and O–H groups in total. The summed E-state index contributed by atoms with van der Waals surface area (Å²) < 4.78 is 19.2. The Morgan fingerprint density at radius 1 is 1.39 bits per heavy atom. The van der Waals surface area contributed by atoms with E-state index in [4.69, 9.17) is 16.0 Å². The van der Waals surface area contributed by atoms with Crippen molar-refractivity contribution in [3.63, 3.8) is 0 Å². The number of benzene rings is 1. The zero-order valence-corrected chi connectivity index (χ0v) is 11.6. The van der Waals surface area contributed by atoms with Gasteiger partial charge in [-0.15, -0.1) is 0 Å². The average molecular weight is 270 g/mol. The van der Waals surface area contributed by atoms with Crippen LogP contribution >= 0.6 is 11.6 Å². The summed E-state index contributed by atoms with van der Waals surface area (Å²) in [5.74, 6) is 0.514. The van der Waals surface area contributed by atoms with Crippen LogP contribution < -0.4 is 5.32 Å². The Balaban J connectivity index is 2.50. The van der Waals surface area contributed by atoms with E-state index in [0.29, 0.717) is 23.2 Å². The Hall–Kier alpha value is -1.06. The van der Waals surface area contributed by atoms with E-state index >= 15 is 0 Å². The van der Waals surface area contributed by atoms with Gasteiger partial charge in [0.25, 0.3) is 0 Å². The zero-order valence-electron chi connectivity index (χ0n) is 10.8. The quantitative estimate of drug-likeness (QED) is 0.896. The monoisotopic (exact) mass is 269 g/mol. The van der Waals surface area contributed by atoms with E-state index in [0.717, 1.165) is 23.1 Å². The van der Waals surface area contributed by atoms with E-state index in [1.807, 2.05) is 6.92 Å². The smallest absolute Gasteiger partial charge is 0.153 e. The Morgan fingerprint density at radius 2 is 2.11 bits per heavy atom. The van der Waals surface area contributed by atoms with Crippen LogP contribution in [0.4, 0.5) is 4.39 Å². The van der Waals surface area contributed by atoms with Crippen LogP contribution in [0.3, 0.4) is 0 Å². The minimum atomic E-state index is -0.327. The molecule has 4 heteroatoms. The SMILES string of the molecule is CCc1c(CNC(C)C)oc2c(Cl)cc(F)cc12. The molecule has 98 valence electrons. The van der Waals surface area contributed by atoms with Crippen LogP contribution in [0.2, 0.25) is 5.02 Å². The lowest BCUT2D eigenvalue weighted by Gasteiger charge is -2.06. The molecule has 0 atom stereocenters. The first-order valence-corrected chi connectivity index (χ1v) is 6.53. The van der Waals surface area contributed by atoms with Crippen molar-refractivity contribution in [1.82, 2.24) is 5.32 Å². The number of hydrogen-bond acceptors (Lipinski definition) is 2. The molecule has 1 aromatic heterocycles. The molecular formula is C14H17ClFNO. The Morgan fingerprint density at radius 3 is 2.72 bits per heavy atom. The van der Waals surface area contributed by atoms with Gasteiger partial charge in [-0.25, -0.2) is 4.39 Å². The second-order valence-corrected chi connectivity index (χ2v) is 5.06. The van der Waals surface area contributed by atoms with Gasteiger partial charge in [0.1, 0.15) is 11.6 Å². The van der Waals surface area contributed by atoms with Crippen molar-refractivity contribution in [1.29, 1.82) is 0 Å². The number of rotatable bonds is 4. The van der Waals surface area contributed by atoms with E-state index in [1.165, 1.54) is 12.1 Å². The molecule has 18 heavy (non-hydrogen) atoms. The summed E-state index contributed by atoms with van der Waals surface area (Å²) in [5, 5.41) is 4.41. The molecule has 2 rings (SSSR count). The molecule has 0 aliphatic heterocycles. The fourth-order valence-corrected chi connectivity index (χ4v) is 2.30. The van der Waals surface area contributed by atoms with E-state index < -0.39 is 0 Å². The van der Waals surface area contributed by atoms with Crippen LogP contribution in [0.25, 0.3) is 11.0 Å². The lowest BCUT2D eigenvalue weighted by atomic mass is 10.1. The van der Waals surface area contributed by atoms with Crippen LogP contribution in [0, 0.1) is 5.82 Å². The Bertz CT molecular complexity index is 562. The molecule has 1 aromatic carbocycles. The lowest BCUT2D eigenvalue weighted by molar-refractivity contribution is 0.483. The minimum Gasteiger partial charge on any atom is -0.458 e. The summed E-state index contributed by atoms with van der Waals surface area (Å²) in [4.78, 5) is 0. The number of aryl methyl sites for hydroxylation is 1. The van der Waals surface area contributed by atoms with Gasteiger partial charge in [-0.05, 0) is 18.6 Å². The Kier molecular flexibility index (Phi) is 3.93. The Labute approximate surface area is 111 Å². The molecule has 0 saturated heterocycles. The van der Waals surface area contributed by atoms with E-state index in [1.54, 1.807) is 0 Å². The fraction of sp³-hybridized carbons (Fsp3) is 0.429. The van der Waals surface area contributed by atoms with Gasteiger partial charge in [-0.1, -0.05) is 32.4 Å². The van der Waals surface area contributed by atoms with Crippen LogP contribution in [-0.4, -0.2) is 6.04 Å². The summed E-state index contributed by atoms with van der Waals surface area (Å²) in [6.07, 6.45) is 0.794. The van der Waals surface area contributed by atoms with Crippen molar-refractivity contribution in [2.24, 2.45) is 0 Å². The number of halogens is 2. The largest absolute Gasteiger partial charge is 0.458 e. The number of furan rings is 1. The summed E-state index contributed by atoms with van der Waals surface area (Å²) in [6, 6.07) is 3.14. The van der Waals surface area contributed by atoms with Crippen molar-refractivity contribution in [2.75, 3.05) is 0 Å². The first kappa shape index (κ1) is 13.4. The molecular weight excluding hydrogens is 253 g/mol. The molecule has 1 heterocycles. The molecule has 0 unspecified atom stereocenters. The molecule has 2 aromatic rings. The summed E-state index contributed by atoms with van der Waals surface area (Å²) in [5.41, 5.74) is 1.61. The molecule has 0 aliphatic rings. The summed E-state index contributed by atoms with van der Waals surface area (Å²) in [6.45, 7) is 6.80. The third-order valence-corrected chi connectivity index (χ3v) is 3.20. The van der Waals surface area contributed by atoms with Crippen molar-refractivity contribution in [3.8, 4) is 0 Å². The fourth-order valence-electron chi connectivity index (χ4n) is 2.05. The van der Waals surface area contributed by atoms with Gasteiger partial charge >= 0.3 is 0 Å². The topological polar surface area (TPSA) is 25.2 Å². The van der Waals surface area contributed by atoms with Gasteiger partial charge in [-0.2, -0.15) is 0 Å². The van der Waals surface area contributed by atoms with E-state index in [9.17, 15) is 4.39 Å². The molecule has 0 fully saturated rings. The summed E-state index contributed by atoms with van der Waals surface area (Å²) >= 11 is 6.01. The van der Waals surface area contributed by atoms with Crippen LogP contribution in [0.15, 0.2) is 16.5 Å². The maximum absolute atomic E-state index is 13.4. The highest BCUT2D eigenvalue weighted by atomic mass is 35.5. The number of fused-ring (bicyclic) bond motifs is 1. The molecule has 0 spiro atoms. The van der Waals surface area contributed by atoms with Crippen LogP contribution in [-0.2, 0) is 13.0 Å². The van der Waals surface area contributed by atoms with Gasteiger partial charge in [0.05, 0.1) is 11.6 Å². The maximum atomic E-state index is 13.4. The highest BCUT2D eigenvalue weighted by Gasteiger charge is 2.16. The van der Waals surface area contributed by atoms with Crippen molar-refractivity contribution in [3.05, 3.63) is 34.3 Å². The van der Waals surface area contributed by atoms with Crippen molar-refractivity contribution in [2.45, 2.75) is 39.8 Å². The van der Waals surface area contributed by atoms with E-state index in [2.05, 4.69) is 19.2 Å². The van der Waals surface area contributed by atoms with Crippen LogP contribution in [0.1, 0.15) is 32.1 Å². The average Bonchev–Trinajstić information content (AvgIpc) is 2.64. The molecule has 0 radical (unpaired) electrons. The second kappa shape index (κ2) is 5.29. The van der Waals surface area contributed by atoms with Crippen molar-refractivity contribution >= 4 is 22.6 Å². The predicted octanol–water partition coefficient (Wildman–Crippen LogP) is 4.29. The summed E-state index contributed by atoms with van der Waals surface area (Å²) in [7, 11) is 0. The molecule has 0 bridgehead atoms. The van der Waals surface area contributed by atoms with Gasteiger partial charge in [0.2, 0.25) is 0 Å². The van der Waals surface area contributed by atoms with Crippen molar-refractivity contribution < 1.29 is 8.81 Å². The highest BCUT2D eigenvalue weighted by molar-refractivity contribution is 6.34. The molecule has 0 aliphatic carbocycles. The predicted molar refractivity (Wildman–Crippen MR) is 72.5 cm³/mol. The lowest BCUT2D eigenvalue weighted by Crippen LogP contribution is -2.22. The molecule has 0 saturated carbocycles. The molecule has 0 amide bonds. The first-order chi connectivity index (χ1) is 8.52. The van der Waals surface area contributed by atoms with E-state index in [-0.39, 0.29) is 5.82 Å². The second-order valence-electron chi connectivity index (χ2n) is 4.66. The van der Waals surface area contributed by atoms with Gasteiger partial charge in [0, 0.05) is 17.0 Å². The van der Waals surface area contributed by atoms with Gasteiger partial charge < -0.3 is 9.73 Å². The van der Waals surface area contributed by atoms with Crippen LogP contribution in [0.5, 0.6) is 0 Å². The minimum absolute atomic E-state index is 0.327. The zero-order chi connectivity index (χ0) is 13.3. The molecule has 2 nitrogen and oxygen atoms in total. The number of hydrogen-bond donors (Lipinski definition) is 1. The van der Waals surface area contributed by atoms with Gasteiger partial charge in [0.15, 0.2) is 5.58 Å². The maximum Gasteiger partial charge on any atom is 0.153 e. The third-order valence-electron chi connectivity index (χ3n) is 2.92.